The van der Waals surface area contributed by atoms with Gasteiger partial charge in [0, 0.05) is 18.1 Å². The first kappa shape index (κ1) is 12.3. The van der Waals surface area contributed by atoms with Crippen molar-refractivity contribution >= 4 is 40.7 Å². The normalized spacial score (nSPS) is 10.4. The van der Waals surface area contributed by atoms with Gasteiger partial charge in [0.05, 0.1) is 0 Å². The first-order chi connectivity index (χ1) is 8.29. The fourth-order valence-corrected chi connectivity index (χ4v) is 3.59. The van der Waals surface area contributed by atoms with E-state index in [9.17, 15) is 0 Å². The largest absolute Gasteiger partial charge is 0.381 e. The number of thioether (sulfide) groups is 1. The number of nitrogen functional groups attached to an aromatic ring is 1. The van der Waals surface area contributed by atoms with Crippen LogP contribution in [0.2, 0.25) is 0 Å². The molecule has 0 aromatic carbocycles. The molecular weight excluding hydrogens is 274 g/mol. The van der Waals surface area contributed by atoms with E-state index >= 15 is 0 Å². The Morgan fingerprint density at radius 1 is 1.29 bits per heavy atom. The molecule has 88 valence electrons. The second-order valence-electron chi connectivity index (χ2n) is 2.78. The molecule has 0 aliphatic rings. The standard InChI is InChI=1S/C9H9N5S3/c1-2-5-15-8-13-14-9(17-8)16-7-6(10)11-3-4-12-7/h2-4H,1,5H2,(H2,10,11). The Morgan fingerprint density at radius 2 is 2.06 bits per heavy atom. The van der Waals surface area contributed by atoms with Gasteiger partial charge >= 0.3 is 0 Å². The highest BCUT2D eigenvalue weighted by molar-refractivity contribution is 8.03. The van der Waals surface area contributed by atoms with Crippen LogP contribution in [0.5, 0.6) is 0 Å². The van der Waals surface area contributed by atoms with Crippen LogP contribution in [0.1, 0.15) is 0 Å². The summed E-state index contributed by atoms with van der Waals surface area (Å²) in [4.78, 5) is 8.10. The predicted octanol–water partition coefficient (Wildman–Crippen LogP) is 2.34. The fraction of sp³-hybridized carbons (Fsp3) is 0.111. The van der Waals surface area contributed by atoms with E-state index in [0.717, 1.165) is 14.4 Å². The second-order valence-corrected chi connectivity index (χ2v) is 6.26. The van der Waals surface area contributed by atoms with Crippen LogP contribution in [0, 0.1) is 0 Å². The fourth-order valence-electron chi connectivity index (χ4n) is 0.924. The number of anilines is 1. The van der Waals surface area contributed by atoms with Crippen LogP contribution in [-0.4, -0.2) is 25.9 Å². The summed E-state index contributed by atoms with van der Waals surface area (Å²) < 4.78 is 1.72. The summed E-state index contributed by atoms with van der Waals surface area (Å²) in [7, 11) is 0. The van der Waals surface area contributed by atoms with Crippen molar-refractivity contribution in [3.63, 3.8) is 0 Å². The Bertz CT molecular complexity index is 513. The average Bonchev–Trinajstić information content (AvgIpc) is 2.77. The van der Waals surface area contributed by atoms with E-state index in [-0.39, 0.29) is 0 Å². The van der Waals surface area contributed by atoms with Crippen molar-refractivity contribution in [1.29, 1.82) is 0 Å². The molecule has 0 saturated carbocycles. The molecule has 2 aromatic rings. The van der Waals surface area contributed by atoms with Crippen LogP contribution in [0.3, 0.4) is 0 Å². The number of hydrogen-bond donors (Lipinski definition) is 1. The lowest BCUT2D eigenvalue weighted by atomic mass is 10.7. The molecule has 0 saturated heterocycles. The smallest absolute Gasteiger partial charge is 0.181 e. The van der Waals surface area contributed by atoms with Crippen molar-refractivity contribution < 1.29 is 0 Å². The van der Waals surface area contributed by atoms with Crippen LogP contribution in [0.25, 0.3) is 0 Å². The van der Waals surface area contributed by atoms with E-state index in [4.69, 9.17) is 5.73 Å². The lowest BCUT2D eigenvalue weighted by molar-refractivity contribution is 0.952. The maximum atomic E-state index is 5.70. The van der Waals surface area contributed by atoms with Crippen LogP contribution < -0.4 is 5.73 Å². The highest BCUT2D eigenvalue weighted by Gasteiger charge is 2.09. The average molecular weight is 283 g/mol. The van der Waals surface area contributed by atoms with E-state index < -0.39 is 0 Å². The molecule has 0 aliphatic heterocycles. The summed E-state index contributed by atoms with van der Waals surface area (Å²) in [5.74, 6) is 1.24. The summed E-state index contributed by atoms with van der Waals surface area (Å²) in [5.41, 5.74) is 5.70. The Morgan fingerprint density at radius 3 is 2.82 bits per heavy atom. The molecule has 2 heterocycles. The van der Waals surface area contributed by atoms with Crippen molar-refractivity contribution in [3.05, 3.63) is 25.0 Å². The van der Waals surface area contributed by atoms with E-state index in [1.54, 1.807) is 24.2 Å². The topological polar surface area (TPSA) is 77.6 Å². The number of rotatable bonds is 5. The van der Waals surface area contributed by atoms with Gasteiger partial charge in [-0.25, -0.2) is 9.97 Å². The van der Waals surface area contributed by atoms with Gasteiger partial charge in [-0.1, -0.05) is 29.2 Å². The highest BCUT2D eigenvalue weighted by atomic mass is 32.2. The summed E-state index contributed by atoms with van der Waals surface area (Å²) >= 11 is 4.49. The first-order valence-corrected chi connectivity index (χ1v) is 7.23. The van der Waals surface area contributed by atoms with E-state index in [0.29, 0.717) is 10.8 Å². The number of nitrogens with two attached hydrogens (primary N) is 1. The molecule has 17 heavy (non-hydrogen) atoms. The minimum atomic E-state index is 0.410. The van der Waals surface area contributed by atoms with Gasteiger partial charge in [-0.05, 0) is 11.8 Å². The van der Waals surface area contributed by atoms with Gasteiger partial charge < -0.3 is 5.73 Å². The summed E-state index contributed by atoms with van der Waals surface area (Å²) in [6.07, 6.45) is 5.00. The van der Waals surface area contributed by atoms with Gasteiger partial charge in [-0.2, -0.15) is 0 Å². The van der Waals surface area contributed by atoms with Crippen molar-refractivity contribution in [2.24, 2.45) is 0 Å². The molecule has 8 heteroatoms. The summed E-state index contributed by atoms with van der Waals surface area (Å²) in [6, 6.07) is 0. The van der Waals surface area contributed by atoms with Crippen molar-refractivity contribution in [2.45, 2.75) is 13.7 Å². The third kappa shape index (κ3) is 3.42. The zero-order chi connectivity index (χ0) is 12.1. The number of nitrogens with zero attached hydrogens (tertiary/aromatic N) is 4. The number of hydrogen-bond acceptors (Lipinski definition) is 8. The quantitative estimate of drug-likeness (QED) is 0.666. The van der Waals surface area contributed by atoms with Crippen molar-refractivity contribution in [2.75, 3.05) is 11.5 Å². The van der Waals surface area contributed by atoms with Gasteiger partial charge in [-0.15, -0.1) is 16.8 Å². The Hall–Kier alpha value is -1.12. The zero-order valence-corrected chi connectivity index (χ0v) is 11.2. The van der Waals surface area contributed by atoms with Crippen molar-refractivity contribution in [1.82, 2.24) is 20.2 Å². The molecule has 2 rings (SSSR count). The van der Waals surface area contributed by atoms with Gasteiger partial charge in [0.2, 0.25) is 0 Å². The molecule has 2 aromatic heterocycles. The zero-order valence-electron chi connectivity index (χ0n) is 8.74. The van der Waals surface area contributed by atoms with E-state index in [1.807, 2.05) is 6.08 Å². The third-order valence-electron chi connectivity index (χ3n) is 1.59. The summed E-state index contributed by atoms with van der Waals surface area (Å²) in [6.45, 7) is 3.66. The summed E-state index contributed by atoms with van der Waals surface area (Å²) in [5, 5.41) is 8.77. The maximum Gasteiger partial charge on any atom is 0.181 e. The van der Waals surface area contributed by atoms with Crippen LogP contribution in [0.4, 0.5) is 5.82 Å². The minimum absolute atomic E-state index is 0.410. The lowest BCUT2D eigenvalue weighted by Crippen LogP contribution is -1.94. The minimum Gasteiger partial charge on any atom is -0.381 e. The van der Waals surface area contributed by atoms with Gasteiger partial charge in [-0.3, -0.25) is 0 Å². The Labute approximate surface area is 111 Å². The van der Waals surface area contributed by atoms with Gasteiger partial charge in [0.25, 0.3) is 0 Å². The SMILES string of the molecule is C=CCSc1nnc(Sc2nccnc2N)s1. The molecule has 0 atom stereocenters. The van der Waals surface area contributed by atoms with Crippen LogP contribution in [-0.2, 0) is 0 Å². The molecule has 0 aliphatic carbocycles. The molecule has 0 spiro atoms. The molecule has 0 radical (unpaired) electrons. The maximum absolute atomic E-state index is 5.70. The molecule has 0 unspecified atom stereocenters. The van der Waals surface area contributed by atoms with Gasteiger partial charge in [0.1, 0.15) is 5.03 Å². The first-order valence-electron chi connectivity index (χ1n) is 4.61. The monoisotopic (exact) mass is 283 g/mol. The second kappa shape index (κ2) is 5.99. The predicted molar refractivity (Wildman–Crippen MR) is 71.4 cm³/mol. The number of aromatic nitrogens is 4. The molecular formula is C9H9N5S3. The Kier molecular flexibility index (Phi) is 4.35. The van der Waals surface area contributed by atoms with E-state index in [2.05, 4.69) is 26.7 Å². The Balaban J connectivity index is 2.06. The molecule has 5 nitrogen and oxygen atoms in total. The molecule has 0 amide bonds. The lowest BCUT2D eigenvalue weighted by Gasteiger charge is -1.97. The van der Waals surface area contributed by atoms with Crippen LogP contribution >= 0.6 is 34.9 Å². The molecule has 0 fully saturated rings. The third-order valence-corrected chi connectivity index (χ3v) is 4.70. The van der Waals surface area contributed by atoms with Crippen molar-refractivity contribution in [3.8, 4) is 0 Å². The van der Waals surface area contributed by atoms with E-state index in [1.165, 1.54) is 23.1 Å². The molecule has 0 bridgehead atoms. The van der Waals surface area contributed by atoms with Gasteiger partial charge in [0.15, 0.2) is 14.5 Å². The van der Waals surface area contributed by atoms with Crippen LogP contribution in [0.15, 0.2) is 38.8 Å². The highest BCUT2D eigenvalue weighted by Crippen LogP contribution is 2.33. The molecule has 2 N–H and O–H groups in total.